The highest BCUT2D eigenvalue weighted by Gasteiger charge is 2.04. The molecule has 0 aliphatic rings. The van der Waals surface area contributed by atoms with Crippen LogP contribution in [-0.2, 0) is 0 Å². The van der Waals surface area contributed by atoms with Crippen molar-refractivity contribution in [3.8, 4) is 17.0 Å². The molecular formula is C11H10N2O. The second kappa shape index (κ2) is 3.87. The van der Waals surface area contributed by atoms with E-state index in [-0.39, 0.29) is 0 Å². The van der Waals surface area contributed by atoms with Gasteiger partial charge in [0, 0.05) is 11.8 Å². The number of benzene rings is 1. The number of hydrogen-bond acceptors (Lipinski definition) is 3. The van der Waals surface area contributed by atoms with Crippen molar-refractivity contribution in [2.75, 3.05) is 7.11 Å². The molecule has 1 heterocycles. The molecule has 0 radical (unpaired) electrons. The smallest absolute Gasteiger partial charge is 0.128 e. The van der Waals surface area contributed by atoms with Crippen molar-refractivity contribution in [3.05, 3.63) is 42.6 Å². The summed E-state index contributed by atoms with van der Waals surface area (Å²) in [4.78, 5) is 0. The minimum absolute atomic E-state index is 0.813. The molecule has 0 N–H and O–H groups in total. The average Bonchev–Trinajstić information content (AvgIpc) is 2.30. The van der Waals surface area contributed by atoms with Gasteiger partial charge in [0.25, 0.3) is 0 Å². The van der Waals surface area contributed by atoms with Gasteiger partial charge in [-0.15, -0.1) is 0 Å². The molecule has 0 unspecified atom stereocenters. The quantitative estimate of drug-likeness (QED) is 0.720. The molecule has 70 valence electrons. The first-order valence-corrected chi connectivity index (χ1v) is 4.33. The lowest BCUT2D eigenvalue weighted by molar-refractivity contribution is 0.416. The second-order valence-corrected chi connectivity index (χ2v) is 2.81. The highest BCUT2D eigenvalue weighted by Crippen LogP contribution is 2.26. The van der Waals surface area contributed by atoms with Crippen molar-refractivity contribution in [2.24, 2.45) is 0 Å². The van der Waals surface area contributed by atoms with E-state index in [0.717, 1.165) is 17.0 Å². The summed E-state index contributed by atoms with van der Waals surface area (Å²) >= 11 is 0. The van der Waals surface area contributed by atoms with Crippen LogP contribution < -0.4 is 4.74 Å². The van der Waals surface area contributed by atoms with Gasteiger partial charge in [0.05, 0.1) is 12.8 Å². The van der Waals surface area contributed by atoms with Crippen molar-refractivity contribution >= 4 is 0 Å². The monoisotopic (exact) mass is 186 g/mol. The molecule has 1 aromatic carbocycles. The van der Waals surface area contributed by atoms with Gasteiger partial charge in [0.15, 0.2) is 0 Å². The van der Waals surface area contributed by atoms with E-state index < -0.39 is 0 Å². The lowest BCUT2D eigenvalue weighted by Crippen LogP contribution is -1.90. The molecule has 14 heavy (non-hydrogen) atoms. The van der Waals surface area contributed by atoms with Crippen molar-refractivity contribution in [3.63, 3.8) is 0 Å². The Bertz CT molecular complexity index is 415. The van der Waals surface area contributed by atoms with Crippen LogP contribution in [0.3, 0.4) is 0 Å². The first kappa shape index (κ1) is 8.69. The van der Waals surface area contributed by atoms with Crippen LogP contribution in [0, 0.1) is 0 Å². The molecule has 3 heteroatoms. The molecule has 0 saturated heterocycles. The van der Waals surface area contributed by atoms with Gasteiger partial charge >= 0.3 is 0 Å². The number of nitrogens with zero attached hydrogens (tertiary/aromatic N) is 2. The Labute approximate surface area is 82.4 Å². The van der Waals surface area contributed by atoms with Gasteiger partial charge in [-0.05, 0) is 24.3 Å². The fraction of sp³-hybridized carbons (Fsp3) is 0.0909. The minimum atomic E-state index is 0.813. The number of para-hydroxylation sites is 1. The van der Waals surface area contributed by atoms with E-state index in [9.17, 15) is 0 Å². The molecule has 1 aromatic heterocycles. The standard InChI is InChI=1S/C11H10N2O/c1-14-11-7-3-2-5-9(11)10-6-4-8-12-13-10/h2-8H,1H3. The van der Waals surface area contributed by atoms with Gasteiger partial charge < -0.3 is 4.74 Å². The maximum atomic E-state index is 5.23. The number of hydrogen-bond donors (Lipinski definition) is 0. The number of ether oxygens (including phenoxy) is 1. The summed E-state index contributed by atoms with van der Waals surface area (Å²) in [7, 11) is 1.65. The first-order valence-electron chi connectivity index (χ1n) is 4.33. The largest absolute Gasteiger partial charge is 0.496 e. The molecule has 0 saturated carbocycles. The maximum Gasteiger partial charge on any atom is 0.128 e. The molecule has 0 bridgehead atoms. The van der Waals surface area contributed by atoms with Crippen molar-refractivity contribution in [1.82, 2.24) is 10.2 Å². The van der Waals surface area contributed by atoms with E-state index in [1.807, 2.05) is 36.4 Å². The Balaban J connectivity index is 2.51. The summed E-state index contributed by atoms with van der Waals surface area (Å²) < 4.78 is 5.23. The van der Waals surface area contributed by atoms with E-state index in [2.05, 4.69) is 10.2 Å². The normalized spacial score (nSPS) is 9.79. The zero-order valence-corrected chi connectivity index (χ0v) is 7.84. The molecule has 0 aliphatic carbocycles. The third kappa shape index (κ3) is 1.57. The van der Waals surface area contributed by atoms with Gasteiger partial charge in [-0.2, -0.15) is 10.2 Å². The van der Waals surface area contributed by atoms with Gasteiger partial charge in [0.1, 0.15) is 5.75 Å². The van der Waals surface area contributed by atoms with Crippen molar-refractivity contribution in [1.29, 1.82) is 0 Å². The fourth-order valence-electron chi connectivity index (χ4n) is 1.30. The Hall–Kier alpha value is -1.90. The Morgan fingerprint density at radius 1 is 1.07 bits per heavy atom. The van der Waals surface area contributed by atoms with Crippen LogP contribution in [0.2, 0.25) is 0 Å². The topological polar surface area (TPSA) is 35.0 Å². The SMILES string of the molecule is COc1ccccc1-c1cccnn1. The Morgan fingerprint density at radius 3 is 2.64 bits per heavy atom. The van der Waals surface area contributed by atoms with E-state index in [1.165, 1.54) is 0 Å². The summed E-state index contributed by atoms with van der Waals surface area (Å²) in [6, 6.07) is 11.5. The predicted octanol–water partition coefficient (Wildman–Crippen LogP) is 2.15. The van der Waals surface area contributed by atoms with Crippen LogP contribution >= 0.6 is 0 Å². The fourth-order valence-corrected chi connectivity index (χ4v) is 1.30. The summed E-state index contributed by atoms with van der Waals surface area (Å²) in [5, 5.41) is 7.86. The van der Waals surface area contributed by atoms with Crippen LogP contribution in [0.1, 0.15) is 0 Å². The van der Waals surface area contributed by atoms with Crippen LogP contribution in [0.15, 0.2) is 42.6 Å². The number of methoxy groups -OCH3 is 1. The third-order valence-electron chi connectivity index (χ3n) is 1.96. The average molecular weight is 186 g/mol. The molecule has 0 fully saturated rings. The van der Waals surface area contributed by atoms with E-state index in [1.54, 1.807) is 13.3 Å². The maximum absolute atomic E-state index is 5.23. The third-order valence-corrected chi connectivity index (χ3v) is 1.96. The van der Waals surface area contributed by atoms with Crippen LogP contribution in [0.5, 0.6) is 5.75 Å². The summed E-state index contributed by atoms with van der Waals surface area (Å²) in [6.07, 6.45) is 1.65. The molecule has 0 atom stereocenters. The van der Waals surface area contributed by atoms with Gasteiger partial charge in [-0.1, -0.05) is 12.1 Å². The van der Waals surface area contributed by atoms with Crippen LogP contribution in [0.4, 0.5) is 0 Å². The molecule has 0 amide bonds. The minimum Gasteiger partial charge on any atom is -0.496 e. The lowest BCUT2D eigenvalue weighted by Gasteiger charge is -2.05. The number of rotatable bonds is 2. The Morgan fingerprint density at radius 2 is 1.93 bits per heavy atom. The van der Waals surface area contributed by atoms with Gasteiger partial charge in [-0.25, -0.2) is 0 Å². The van der Waals surface area contributed by atoms with Crippen LogP contribution in [0.25, 0.3) is 11.3 Å². The van der Waals surface area contributed by atoms with Crippen LogP contribution in [-0.4, -0.2) is 17.3 Å². The first-order chi connectivity index (χ1) is 6.92. The molecular weight excluding hydrogens is 176 g/mol. The molecule has 3 nitrogen and oxygen atoms in total. The molecule has 2 rings (SSSR count). The van der Waals surface area contributed by atoms with Gasteiger partial charge in [0.2, 0.25) is 0 Å². The van der Waals surface area contributed by atoms with Gasteiger partial charge in [-0.3, -0.25) is 0 Å². The van der Waals surface area contributed by atoms with Crippen molar-refractivity contribution in [2.45, 2.75) is 0 Å². The van der Waals surface area contributed by atoms with E-state index >= 15 is 0 Å². The summed E-state index contributed by atoms with van der Waals surface area (Å²) in [5.74, 6) is 0.813. The zero-order chi connectivity index (χ0) is 9.80. The highest BCUT2D eigenvalue weighted by atomic mass is 16.5. The predicted molar refractivity (Wildman–Crippen MR) is 54.0 cm³/mol. The lowest BCUT2D eigenvalue weighted by atomic mass is 10.1. The molecule has 0 spiro atoms. The highest BCUT2D eigenvalue weighted by molar-refractivity contribution is 5.66. The van der Waals surface area contributed by atoms with Crippen molar-refractivity contribution < 1.29 is 4.74 Å². The Kier molecular flexibility index (Phi) is 2.40. The van der Waals surface area contributed by atoms with E-state index in [0.29, 0.717) is 0 Å². The summed E-state index contributed by atoms with van der Waals surface area (Å²) in [6.45, 7) is 0. The second-order valence-electron chi connectivity index (χ2n) is 2.81. The number of aromatic nitrogens is 2. The van der Waals surface area contributed by atoms with E-state index in [4.69, 9.17) is 4.74 Å². The molecule has 0 aliphatic heterocycles. The molecule has 2 aromatic rings. The zero-order valence-electron chi connectivity index (χ0n) is 7.84. The summed E-state index contributed by atoms with van der Waals surface area (Å²) in [5.41, 5.74) is 1.79.